The summed E-state index contributed by atoms with van der Waals surface area (Å²) < 4.78 is 5.33. The van der Waals surface area contributed by atoms with Crippen LogP contribution in [0.25, 0.3) is 0 Å². The van der Waals surface area contributed by atoms with Gasteiger partial charge in [-0.05, 0) is 24.7 Å². The molecule has 2 nitrogen and oxygen atoms in total. The molecule has 21 heavy (non-hydrogen) atoms. The van der Waals surface area contributed by atoms with Gasteiger partial charge in [-0.3, -0.25) is 4.79 Å². The van der Waals surface area contributed by atoms with Crippen LogP contribution in [0.1, 0.15) is 98.3 Å². The molecule has 0 bridgehead atoms. The molecule has 0 N–H and O–H groups in total. The van der Waals surface area contributed by atoms with E-state index in [9.17, 15) is 4.79 Å². The molecular weight excluding hydrogens is 260 g/mol. The fraction of sp³-hybridized carbons (Fsp3) is 0.947. The van der Waals surface area contributed by atoms with E-state index in [0.29, 0.717) is 18.9 Å². The fourth-order valence-corrected chi connectivity index (χ4v) is 2.51. The third-order valence-electron chi connectivity index (χ3n) is 4.09. The van der Waals surface area contributed by atoms with Gasteiger partial charge in [0.2, 0.25) is 0 Å². The Labute approximate surface area is 133 Å². The summed E-state index contributed by atoms with van der Waals surface area (Å²) in [6, 6.07) is 0. The summed E-state index contributed by atoms with van der Waals surface area (Å²) in [4.78, 5) is 11.6. The summed E-state index contributed by atoms with van der Waals surface area (Å²) in [5.41, 5.74) is 0. The van der Waals surface area contributed by atoms with Gasteiger partial charge in [0, 0.05) is 6.42 Å². The molecule has 1 unspecified atom stereocenters. The zero-order valence-corrected chi connectivity index (χ0v) is 15.0. The van der Waals surface area contributed by atoms with Gasteiger partial charge in [0.05, 0.1) is 6.61 Å². The molecule has 0 amide bonds. The van der Waals surface area contributed by atoms with Crippen molar-refractivity contribution >= 4 is 5.97 Å². The van der Waals surface area contributed by atoms with Gasteiger partial charge in [0.1, 0.15) is 0 Å². The highest BCUT2D eigenvalue weighted by Crippen LogP contribution is 2.15. The van der Waals surface area contributed by atoms with E-state index in [1.54, 1.807) is 0 Å². The van der Waals surface area contributed by atoms with Crippen LogP contribution in [-0.2, 0) is 9.53 Å². The normalized spacial score (nSPS) is 12.6. The van der Waals surface area contributed by atoms with E-state index < -0.39 is 0 Å². The Kier molecular flexibility index (Phi) is 14.0. The third kappa shape index (κ3) is 15.7. The lowest BCUT2D eigenvalue weighted by atomic mass is 9.98. The first-order valence-corrected chi connectivity index (χ1v) is 9.21. The molecule has 0 aromatic heterocycles. The molecule has 126 valence electrons. The van der Waals surface area contributed by atoms with Crippen molar-refractivity contribution in [3.8, 4) is 0 Å². The van der Waals surface area contributed by atoms with Gasteiger partial charge in [-0.1, -0.05) is 79.1 Å². The maximum atomic E-state index is 11.6. The molecule has 0 rings (SSSR count). The molecule has 0 aliphatic carbocycles. The van der Waals surface area contributed by atoms with Gasteiger partial charge >= 0.3 is 5.97 Å². The molecular formula is C19H38O2. The maximum Gasteiger partial charge on any atom is 0.305 e. The maximum absolute atomic E-state index is 11.6. The number of hydrogen-bond donors (Lipinski definition) is 0. The SMILES string of the molecule is CCCCCCCCC(=O)OCCC(C)CCCC(C)C. The molecule has 0 saturated carbocycles. The van der Waals surface area contributed by atoms with Gasteiger partial charge < -0.3 is 4.74 Å². The Morgan fingerprint density at radius 3 is 2.19 bits per heavy atom. The molecule has 0 aromatic rings. The van der Waals surface area contributed by atoms with Crippen LogP contribution in [0.4, 0.5) is 0 Å². The van der Waals surface area contributed by atoms with Crippen LogP contribution in [0, 0.1) is 11.8 Å². The van der Waals surface area contributed by atoms with Gasteiger partial charge in [0.15, 0.2) is 0 Å². The largest absolute Gasteiger partial charge is 0.466 e. The van der Waals surface area contributed by atoms with Crippen LogP contribution in [0.5, 0.6) is 0 Å². The average molecular weight is 299 g/mol. The second-order valence-electron chi connectivity index (χ2n) is 6.96. The predicted octanol–water partition coefficient (Wildman–Crippen LogP) is 6.13. The first-order chi connectivity index (χ1) is 10.1. The molecule has 2 heteroatoms. The van der Waals surface area contributed by atoms with Crippen LogP contribution in [0.3, 0.4) is 0 Å². The standard InChI is InChI=1S/C19H38O2/c1-5-6-7-8-9-10-14-19(20)21-16-15-18(4)13-11-12-17(2)3/h17-18H,5-16H2,1-4H3. The zero-order chi connectivity index (χ0) is 15.9. The van der Waals surface area contributed by atoms with E-state index in [0.717, 1.165) is 18.8 Å². The second kappa shape index (κ2) is 14.4. The molecule has 0 heterocycles. The summed E-state index contributed by atoms with van der Waals surface area (Å²) in [6.07, 6.45) is 12.8. The lowest BCUT2D eigenvalue weighted by Crippen LogP contribution is -2.08. The van der Waals surface area contributed by atoms with Crippen LogP contribution in [0.15, 0.2) is 0 Å². The second-order valence-corrected chi connectivity index (χ2v) is 6.96. The van der Waals surface area contributed by atoms with Crippen molar-refractivity contribution in [1.29, 1.82) is 0 Å². The lowest BCUT2D eigenvalue weighted by Gasteiger charge is -2.12. The molecule has 1 atom stereocenters. The molecule has 0 spiro atoms. The Bertz CT molecular complexity index is 236. The number of carbonyl (C=O) groups is 1. The lowest BCUT2D eigenvalue weighted by molar-refractivity contribution is -0.144. The summed E-state index contributed by atoms with van der Waals surface area (Å²) in [7, 11) is 0. The van der Waals surface area contributed by atoms with E-state index in [2.05, 4.69) is 27.7 Å². The molecule has 0 aliphatic rings. The monoisotopic (exact) mass is 298 g/mol. The van der Waals surface area contributed by atoms with Crippen LogP contribution < -0.4 is 0 Å². The van der Waals surface area contributed by atoms with Crippen LogP contribution in [0.2, 0.25) is 0 Å². The minimum Gasteiger partial charge on any atom is -0.466 e. The van der Waals surface area contributed by atoms with Crippen LogP contribution in [-0.4, -0.2) is 12.6 Å². The van der Waals surface area contributed by atoms with Crippen molar-refractivity contribution in [2.24, 2.45) is 11.8 Å². The summed E-state index contributed by atoms with van der Waals surface area (Å²) in [5.74, 6) is 1.47. The van der Waals surface area contributed by atoms with Gasteiger partial charge in [-0.2, -0.15) is 0 Å². The molecule has 0 aromatic carbocycles. The van der Waals surface area contributed by atoms with Gasteiger partial charge in [-0.25, -0.2) is 0 Å². The van der Waals surface area contributed by atoms with E-state index >= 15 is 0 Å². The van der Waals surface area contributed by atoms with Crippen molar-refractivity contribution in [2.75, 3.05) is 6.61 Å². The first kappa shape index (κ1) is 20.5. The van der Waals surface area contributed by atoms with Crippen molar-refractivity contribution in [3.63, 3.8) is 0 Å². The summed E-state index contributed by atoms with van der Waals surface area (Å²) >= 11 is 0. The number of ether oxygens (including phenoxy) is 1. The van der Waals surface area contributed by atoms with Crippen molar-refractivity contribution < 1.29 is 9.53 Å². The third-order valence-corrected chi connectivity index (χ3v) is 4.09. The fourth-order valence-electron chi connectivity index (χ4n) is 2.51. The van der Waals surface area contributed by atoms with E-state index in [4.69, 9.17) is 4.74 Å². The Hall–Kier alpha value is -0.530. The first-order valence-electron chi connectivity index (χ1n) is 9.21. The Balaban J connectivity index is 3.36. The van der Waals surface area contributed by atoms with Crippen molar-refractivity contribution in [2.45, 2.75) is 98.3 Å². The quantitative estimate of drug-likeness (QED) is 0.285. The topological polar surface area (TPSA) is 26.3 Å². The van der Waals surface area contributed by atoms with Crippen molar-refractivity contribution in [3.05, 3.63) is 0 Å². The van der Waals surface area contributed by atoms with Crippen molar-refractivity contribution in [1.82, 2.24) is 0 Å². The van der Waals surface area contributed by atoms with Gasteiger partial charge in [0.25, 0.3) is 0 Å². The molecule has 0 fully saturated rings. The number of unbranched alkanes of at least 4 members (excludes halogenated alkanes) is 5. The van der Waals surface area contributed by atoms with Gasteiger partial charge in [-0.15, -0.1) is 0 Å². The number of esters is 1. The minimum absolute atomic E-state index is 0.000119. The highest BCUT2D eigenvalue weighted by atomic mass is 16.5. The van der Waals surface area contributed by atoms with E-state index in [-0.39, 0.29) is 5.97 Å². The van der Waals surface area contributed by atoms with Crippen LogP contribution >= 0.6 is 0 Å². The number of rotatable bonds is 14. The van der Waals surface area contributed by atoms with E-state index in [1.807, 2.05) is 0 Å². The summed E-state index contributed by atoms with van der Waals surface area (Å²) in [5, 5.41) is 0. The minimum atomic E-state index is -0.000119. The smallest absolute Gasteiger partial charge is 0.305 e. The summed E-state index contributed by atoms with van der Waals surface area (Å²) in [6.45, 7) is 9.64. The molecule has 0 aliphatic heterocycles. The highest BCUT2D eigenvalue weighted by molar-refractivity contribution is 5.69. The zero-order valence-electron chi connectivity index (χ0n) is 15.0. The number of hydrogen-bond acceptors (Lipinski definition) is 2. The Morgan fingerprint density at radius 2 is 1.52 bits per heavy atom. The predicted molar refractivity (Wildman–Crippen MR) is 91.4 cm³/mol. The molecule has 0 saturated heterocycles. The average Bonchev–Trinajstić information content (AvgIpc) is 2.42. The Morgan fingerprint density at radius 1 is 0.857 bits per heavy atom. The molecule has 0 radical (unpaired) electrons. The highest BCUT2D eigenvalue weighted by Gasteiger charge is 2.06. The number of carbonyl (C=O) groups excluding carboxylic acids is 1. The van der Waals surface area contributed by atoms with E-state index in [1.165, 1.54) is 51.4 Å².